The summed E-state index contributed by atoms with van der Waals surface area (Å²) in [7, 11) is 0. The van der Waals surface area contributed by atoms with Gasteiger partial charge in [0.2, 0.25) is 0 Å². The monoisotopic (exact) mass is 404 g/mol. The highest BCUT2D eigenvalue weighted by Gasteiger charge is 2.66. The highest BCUT2D eigenvalue weighted by molar-refractivity contribution is 5.91. The van der Waals surface area contributed by atoms with Crippen LogP contribution in [0.25, 0.3) is 0 Å². The zero-order valence-electron chi connectivity index (χ0n) is 17.9. The molecule has 0 aromatic carbocycles. The number of aliphatic hydroxyl groups is 2. The summed E-state index contributed by atoms with van der Waals surface area (Å²) >= 11 is 0. The summed E-state index contributed by atoms with van der Waals surface area (Å²) in [6.45, 7) is 6.34. The number of ketones is 1. The molecule has 0 heterocycles. The summed E-state index contributed by atoms with van der Waals surface area (Å²) in [6, 6.07) is 0. The first-order valence-corrected chi connectivity index (χ1v) is 11.4. The summed E-state index contributed by atoms with van der Waals surface area (Å²) in [5.74, 6) is 0.0371. The zero-order valence-corrected chi connectivity index (χ0v) is 17.9. The normalized spacial score (nSPS) is 47.6. The zero-order chi connectivity index (χ0) is 21.1. The van der Waals surface area contributed by atoms with Crippen molar-refractivity contribution >= 4 is 11.8 Å². The van der Waals surface area contributed by atoms with Gasteiger partial charge >= 0.3 is 5.97 Å². The van der Waals surface area contributed by atoms with Gasteiger partial charge in [0, 0.05) is 17.8 Å². The lowest BCUT2D eigenvalue weighted by atomic mass is 9.45. The molecule has 4 aliphatic carbocycles. The molecule has 0 aromatic rings. The van der Waals surface area contributed by atoms with E-state index in [0.717, 1.165) is 32.1 Å². The summed E-state index contributed by atoms with van der Waals surface area (Å²) in [4.78, 5) is 24.7. The van der Waals surface area contributed by atoms with E-state index in [9.17, 15) is 19.8 Å². The first kappa shape index (κ1) is 21.0. The maximum atomic E-state index is 13.7. The van der Waals surface area contributed by atoms with Crippen LogP contribution in [0, 0.1) is 40.4 Å². The van der Waals surface area contributed by atoms with Crippen LogP contribution in [-0.2, 0) is 9.59 Å². The molecule has 9 atom stereocenters. The average molecular weight is 405 g/mol. The molecule has 0 aromatic heterocycles. The molecule has 3 N–H and O–H groups in total. The van der Waals surface area contributed by atoms with Gasteiger partial charge in [-0.15, -0.1) is 0 Å². The van der Waals surface area contributed by atoms with Crippen LogP contribution in [0.1, 0.15) is 72.1 Å². The summed E-state index contributed by atoms with van der Waals surface area (Å²) in [5, 5.41) is 30.5. The molecule has 0 amide bonds. The molecule has 5 nitrogen and oxygen atoms in total. The predicted molar refractivity (Wildman–Crippen MR) is 109 cm³/mol. The van der Waals surface area contributed by atoms with Crippen LogP contribution >= 0.6 is 0 Å². The maximum Gasteiger partial charge on any atom is 0.303 e. The Bertz CT molecular complexity index is 729. The predicted octanol–water partition coefficient (Wildman–Crippen LogP) is 3.58. The average Bonchev–Trinajstić information content (AvgIpc) is 3.02. The number of carboxylic acids is 1. The maximum absolute atomic E-state index is 13.7. The van der Waals surface area contributed by atoms with Crippen LogP contribution in [0.5, 0.6) is 0 Å². The standard InChI is InChI=1S/C24H36O5/c1-13(4-9-19(26)27)17-7-8-18-16-6-5-14-12-15(25)10-11-23(14,2)20(16)21(28)22(29)24(17,18)3/h12-13,15-18,20-21,25,28H,4-11H2,1-3H3,(H,26,27)/t13?,15?,16?,17?,18?,20?,21?,23-,24+/m1/s1. The summed E-state index contributed by atoms with van der Waals surface area (Å²) < 4.78 is 0. The Morgan fingerprint density at radius 2 is 1.93 bits per heavy atom. The van der Waals surface area contributed by atoms with Crippen LogP contribution in [0.2, 0.25) is 0 Å². The number of carboxylic acid groups (broad SMARTS) is 1. The van der Waals surface area contributed by atoms with Crippen LogP contribution < -0.4 is 0 Å². The molecule has 0 saturated heterocycles. The highest BCUT2D eigenvalue weighted by Crippen LogP contribution is 2.66. The van der Waals surface area contributed by atoms with Gasteiger partial charge in [0.15, 0.2) is 5.78 Å². The molecule has 3 saturated carbocycles. The second kappa shape index (κ2) is 7.19. The Morgan fingerprint density at radius 3 is 2.62 bits per heavy atom. The number of aliphatic hydroxyl groups excluding tert-OH is 2. The van der Waals surface area contributed by atoms with Gasteiger partial charge in [-0.1, -0.05) is 32.4 Å². The Hall–Kier alpha value is -1.20. The van der Waals surface area contributed by atoms with Crippen molar-refractivity contribution in [1.82, 2.24) is 0 Å². The molecule has 4 rings (SSSR count). The molecule has 3 fully saturated rings. The van der Waals surface area contributed by atoms with Gasteiger partial charge in [0.1, 0.15) is 6.10 Å². The van der Waals surface area contributed by atoms with Crippen molar-refractivity contribution in [1.29, 1.82) is 0 Å². The third-order valence-corrected chi connectivity index (χ3v) is 9.52. The van der Waals surface area contributed by atoms with Gasteiger partial charge in [0.25, 0.3) is 0 Å². The number of carbonyl (C=O) groups excluding carboxylic acids is 1. The summed E-state index contributed by atoms with van der Waals surface area (Å²) in [5.41, 5.74) is 0.479. The molecule has 5 heteroatoms. The summed E-state index contributed by atoms with van der Waals surface area (Å²) in [6.07, 6.45) is 6.72. The van der Waals surface area contributed by atoms with Crippen LogP contribution in [0.15, 0.2) is 11.6 Å². The minimum atomic E-state index is -0.961. The smallest absolute Gasteiger partial charge is 0.303 e. The van der Waals surface area contributed by atoms with Gasteiger partial charge in [0.05, 0.1) is 6.10 Å². The third-order valence-electron chi connectivity index (χ3n) is 9.52. The van der Waals surface area contributed by atoms with Gasteiger partial charge in [-0.2, -0.15) is 0 Å². The minimum Gasteiger partial charge on any atom is -0.481 e. The lowest BCUT2D eigenvalue weighted by Gasteiger charge is -2.59. The van der Waals surface area contributed by atoms with Gasteiger partial charge in [-0.05, 0) is 74.0 Å². The number of Topliss-reactive ketones (excluding diaryl/α,β-unsaturated/α-hetero) is 1. The molecule has 0 aliphatic heterocycles. The van der Waals surface area contributed by atoms with E-state index in [1.807, 2.05) is 6.08 Å². The van der Waals surface area contributed by atoms with Crippen molar-refractivity contribution in [3.8, 4) is 0 Å². The van der Waals surface area contributed by atoms with E-state index in [1.165, 1.54) is 5.57 Å². The first-order valence-electron chi connectivity index (χ1n) is 11.4. The Morgan fingerprint density at radius 1 is 1.21 bits per heavy atom. The van der Waals surface area contributed by atoms with E-state index in [0.29, 0.717) is 18.8 Å². The molecule has 0 spiro atoms. The van der Waals surface area contributed by atoms with Crippen LogP contribution in [0.4, 0.5) is 0 Å². The fourth-order valence-electron chi connectivity index (χ4n) is 8.04. The van der Waals surface area contributed by atoms with Crippen molar-refractivity contribution < 1.29 is 24.9 Å². The van der Waals surface area contributed by atoms with Crippen molar-refractivity contribution in [2.75, 3.05) is 0 Å². The largest absolute Gasteiger partial charge is 0.481 e. The second-order valence-electron chi connectivity index (χ2n) is 10.7. The fraction of sp³-hybridized carbons (Fsp3) is 0.833. The molecule has 29 heavy (non-hydrogen) atoms. The number of fused-ring (bicyclic) bond motifs is 5. The second-order valence-corrected chi connectivity index (χ2v) is 10.7. The SMILES string of the molecule is CC(CCC(=O)O)C1CCC2C3CCC4=CC(O)CC[C@@]4(C)C3C(O)C(=O)[C@@]12C. The van der Waals surface area contributed by atoms with E-state index in [-0.39, 0.29) is 41.3 Å². The van der Waals surface area contributed by atoms with Crippen molar-refractivity contribution in [2.24, 2.45) is 40.4 Å². The van der Waals surface area contributed by atoms with Gasteiger partial charge in [-0.25, -0.2) is 0 Å². The lowest BCUT2D eigenvalue weighted by molar-refractivity contribution is -0.170. The molecule has 0 bridgehead atoms. The molecule has 162 valence electrons. The lowest BCUT2D eigenvalue weighted by Crippen LogP contribution is -2.62. The number of hydrogen-bond acceptors (Lipinski definition) is 4. The van der Waals surface area contributed by atoms with Gasteiger partial charge < -0.3 is 15.3 Å². The minimum absolute atomic E-state index is 0.0120. The van der Waals surface area contributed by atoms with Gasteiger partial charge in [-0.3, -0.25) is 9.59 Å². The number of rotatable bonds is 4. The molecule has 4 aliphatic rings. The first-order chi connectivity index (χ1) is 13.6. The molecule has 7 unspecified atom stereocenters. The topological polar surface area (TPSA) is 94.8 Å². The quantitative estimate of drug-likeness (QED) is 0.623. The van der Waals surface area contributed by atoms with E-state index in [2.05, 4.69) is 20.8 Å². The number of allylic oxidation sites excluding steroid dienone is 1. The van der Waals surface area contributed by atoms with Crippen molar-refractivity contribution in [3.05, 3.63) is 11.6 Å². The number of aliphatic carboxylic acids is 1. The molecule has 0 radical (unpaired) electrons. The van der Waals surface area contributed by atoms with E-state index in [1.54, 1.807) is 0 Å². The fourth-order valence-corrected chi connectivity index (χ4v) is 8.04. The Balaban J connectivity index is 1.65. The third kappa shape index (κ3) is 3.03. The van der Waals surface area contributed by atoms with E-state index >= 15 is 0 Å². The molecular weight excluding hydrogens is 368 g/mol. The Labute approximate surface area is 173 Å². The highest BCUT2D eigenvalue weighted by atomic mass is 16.4. The van der Waals surface area contributed by atoms with Crippen LogP contribution in [-0.4, -0.2) is 39.3 Å². The van der Waals surface area contributed by atoms with Crippen molar-refractivity contribution in [2.45, 2.75) is 84.3 Å². The Kier molecular flexibility index (Phi) is 5.22. The van der Waals surface area contributed by atoms with E-state index < -0.39 is 23.6 Å². The number of hydrogen-bond donors (Lipinski definition) is 3. The molecular formula is C24H36O5. The number of carbonyl (C=O) groups is 2. The van der Waals surface area contributed by atoms with E-state index in [4.69, 9.17) is 5.11 Å². The van der Waals surface area contributed by atoms with Crippen molar-refractivity contribution in [3.63, 3.8) is 0 Å². The van der Waals surface area contributed by atoms with Crippen LogP contribution in [0.3, 0.4) is 0 Å².